The van der Waals surface area contributed by atoms with Gasteiger partial charge in [0.15, 0.2) is 0 Å². The van der Waals surface area contributed by atoms with E-state index in [9.17, 15) is 0 Å². The highest BCUT2D eigenvalue weighted by molar-refractivity contribution is 9.11. The first kappa shape index (κ1) is 9.07. The number of hydrogen-bond donors (Lipinski definition) is 0. The molecular formula is C8H8Br2O. The molecule has 0 radical (unpaired) electrons. The van der Waals surface area contributed by atoms with E-state index < -0.39 is 0 Å². The Balaban J connectivity index is 3.21. The summed E-state index contributed by atoms with van der Waals surface area (Å²) in [6.07, 6.45) is 0. The predicted molar refractivity (Wildman–Crippen MR) is 53.1 cm³/mol. The van der Waals surface area contributed by atoms with E-state index in [4.69, 9.17) is 4.74 Å². The van der Waals surface area contributed by atoms with Crippen molar-refractivity contribution in [2.45, 2.75) is 6.92 Å². The number of hydrogen-bond acceptors (Lipinski definition) is 1. The maximum atomic E-state index is 5.10. The van der Waals surface area contributed by atoms with Gasteiger partial charge in [0.1, 0.15) is 5.75 Å². The molecule has 0 aromatic heterocycles. The summed E-state index contributed by atoms with van der Waals surface area (Å²) in [5, 5.41) is 0. The van der Waals surface area contributed by atoms with Crippen molar-refractivity contribution in [2.75, 3.05) is 7.11 Å². The van der Waals surface area contributed by atoms with Crippen LogP contribution in [-0.2, 0) is 0 Å². The summed E-state index contributed by atoms with van der Waals surface area (Å²) >= 11 is 6.82. The molecule has 0 heterocycles. The number of halogens is 2. The maximum Gasteiger partial charge on any atom is 0.134 e. The zero-order chi connectivity index (χ0) is 8.43. The lowest BCUT2D eigenvalue weighted by atomic mass is 10.2. The smallest absolute Gasteiger partial charge is 0.134 e. The Kier molecular flexibility index (Phi) is 2.96. The van der Waals surface area contributed by atoms with Crippen molar-refractivity contribution in [1.82, 2.24) is 0 Å². The van der Waals surface area contributed by atoms with Gasteiger partial charge < -0.3 is 4.74 Å². The Morgan fingerprint density at radius 3 is 2.36 bits per heavy atom. The molecule has 0 unspecified atom stereocenters. The maximum absolute atomic E-state index is 5.10. The second kappa shape index (κ2) is 3.59. The average Bonchev–Trinajstić information content (AvgIpc) is 1.97. The van der Waals surface area contributed by atoms with Crippen LogP contribution in [0.4, 0.5) is 0 Å². The largest absolute Gasteiger partial charge is 0.496 e. The third-order valence-electron chi connectivity index (χ3n) is 1.43. The monoisotopic (exact) mass is 278 g/mol. The van der Waals surface area contributed by atoms with Crippen molar-refractivity contribution < 1.29 is 4.74 Å². The second-order valence-corrected chi connectivity index (χ2v) is 3.94. The van der Waals surface area contributed by atoms with Gasteiger partial charge in [-0.05, 0) is 40.5 Å². The minimum Gasteiger partial charge on any atom is -0.496 e. The molecule has 1 nitrogen and oxygen atoms in total. The van der Waals surface area contributed by atoms with Crippen molar-refractivity contribution >= 4 is 31.9 Å². The van der Waals surface area contributed by atoms with E-state index in [1.54, 1.807) is 7.11 Å². The molecule has 0 saturated carbocycles. The number of ether oxygens (including phenoxy) is 1. The highest BCUT2D eigenvalue weighted by Gasteiger charge is 2.02. The summed E-state index contributed by atoms with van der Waals surface area (Å²) < 4.78 is 7.16. The standard InChI is InChI=1S/C8H8Br2O/c1-5-3-7(10)8(11-2)4-6(5)9/h3-4H,1-2H3. The van der Waals surface area contributed by atoms with Gasteiger partial charge in [0.05, 0.1) is 11.6 Å². The summed E-state index contributed by atoms with van der Waals surface area (Å²) in [4.78, 5) is 0. The van der Waals surface area contributed by atoms with Gasteiger partial charge >= 0.3 is 0 Å². The highest BCUT2D eigenvalue weighted by Crippen LogP contribution is 2.30. The number of benzene rings is 1. The van der Waals surface area contributed by atoms with Crippen molar-refractivity contribution in [3.05, 3.63) is 26.6 Å². The zero-order valence-electron chi connectivity index (χ0n) is 6.32. The van der Waals surface area contributed by atoms with Gasteiger partial charge in [0.2, 0.25) is 0 Å². The van der Waals surface area contributed by atoms with Crippen LogP contribution >= 0.6 is 31.9 Å². The lowest BCUT2D eigenvalue weighted by Gasteiger charge is -2.05. The third kappa shape index (κ3) is 1.97. The molecule has 1 aromatic rings. The van der Waals surface area contributed by atoms with E-state index >= 15 is 0 Å². The molecule has 0 atom stereocenters. The number of aryl methyl sites for hydroxylation is 1. The molecule has 60 valence electrons. The molecule has 0 aliphatic carbocycles. The van der Waals surface area contributed by atoms with Crippen molar-refractivity contribution in [1.29, 1.82) is 0 Å². The van der Waals surface area contributed by atoms with Gasteiger partial charge in [-0.15, -0.1) is 0 Å². The van der Waals surface area contributed by atoms with Crippen LogP contribution in [0.25, 0.3) is 0 Å². The van der Waals surface area contributed by atoms with Gasteiger partial charge in [0.25, 0.3) is 0 Å². The van der Waals surface area contributed by atoms with Crippen LogP contribution in [0.3, 0.4) is 0 Å². The number of rotatable bonds is 1. The predicted octanol–water partition coefficient (Wildman–Crippen LogP) is 3.53. The summed E-state index contributed by atoms with van der Waals surface area (Å²) in [6, 6.07) is 3.96. The average molecular weight is 280 g/mol. The van der Waals surface area contributed by atoms with Crippen molar-refractivity contribution in [2.24, 2.45) is 0 Å². The van der Waals surface area contributed by atoms with Crippen LogP contribution in [-0.4, -0.2) is 7.11 Å². The zero-order valence-corrected chi connectivity index (χ0v) is 9.49. The van der Waals surface area contributed by atoms with Gasteiger partial charge in [0, 0.05) is 4.47 Å². The first-order valence-corrected chi connectivity index (χ1v) is 4.73. The summed E-state index contributed by atoms with van der Waals surface area (Å²) in [7, 11) is 1.65. The van der Waals surface area contributed by atoms with Crippen LogP contribution in [0.2, 0.25) is 0 Å². The second-order valence-electron chi connectivity index (χ2n) is 2.24. The minimum atomic E-state index is 0.850. The Bertz CT molecular complexity index is 271. The fraction of sp³-hybridized carbons (Fsp3) is 0.250. The van der Waals surface area contributed by atoms with E-state index in [2.05, 4.69) is 31.9 Å². The molecule has 0 spiro atoms. The van der Waals surface area contributed by atoms with E-state index in [1.165, 1.54) is 5.56 Å². The van der Waals surface area contributed by atoms with Crippen LogP contribution < -0.4 is 4.74 Å². The highest BCUT2D eigenvalue weighted by atomic mass is 79.9. The Labute approximate surface area is 83.0 Å². The molecule has 3 heteroatoms. The Hall–Kier alpha value is -0.0200. The summed E-state index contributed by atoms with van der Waals surface area (Å²) in [5.41, 5.74) is 1.19. The Morgan fingerprint density at radius 1 is 1.18 bits per heavy atom. The molecule has 1 aromatic carbocycles. The van der Waals surface area contributed by atoms with Gasteiger partial charge in [-0.2, -0.15) is 0 Å². The van der Waals surface area contributed by atoms with Crippen LogP contribution in [0.5, 0.6) is 5.75 Å². The molecular weight excluding hydrogens is 272 g/mol. The normalized spacial score (nSPS) is 9.82. The van der Waals surface area contributed by atoms with Crippen LogP contribution in [0.15, 0.2) is 21.1 Å². The molecule has 0 N–H and O–H groups in total. The summed E-state index contributed by atoms with van der Waals surface area (Å²) in [5.74, 6) is 0.850. The Morgan fingerprint density at radius 2 is 1.82 bits per heavy atom. The first-order valence-electron chi connectivity index (χ1n) is 3.15. The van der Waals surface area contributed by atoms with E-state index in [-0.39, 0.29) is 0 Å². The van der Waals surface area contributed by atoms with Gasteiger partial charge in [-0.3, -0.25) is 0 Å². The van der Waals surface area contributed by atoms with E-state index in [1.807, 2.05) is 19.1 Å². The number of methoxy groups -OCH3 is 1. The molecule has 0 aliphatic rings. The molecule has 0 aliphatic heterocycles. The quantitative estimate of drug-likeness (QED) is 0.764. The van der Waals surface area contributed by atoms with Crippen LogP contribution in [0, 0.1) is 6.92 Å². The fourth-order valence-corrected chi connectivity index (χ4v) is 1.73. The molecule has 11 heavy (non-hydrogen) atoms. The molecule has 1 rings (SSSR count). The molecule has 0 amide bonds. The molecule has 0 bridgehead atoms. The lowest BCUT2D eigenvalue weighted by Crippen LogP contribution is -1.85. The minimum absolute atomic E-state index is 0.850. The van der Waals surface area contributed by atoms with Crippen molar-refractivity contribution in [3.8, 4) is 5.75 Å². The lowest BCUT2D eigenvalue weighted by molar-refractivity contribution is 0.411. The van der Waals surface area contributed by atoms with E-state index in [0.717, 1.165) is 14.7 Å². The van der Waals surface area contributed by atoms with E-state index in [0.29, 0.717) is 0 Å². The van der Waals surface area contributed by atoms with Gasteiger partial charge in [-0.1, -0.05) is 15.9 Å². The first-order chi connectivity index (χ1) is 5.15. The SMILES string of the molecule is COc1cc(Br)c(C)cc1Br. The van der Waals surface area contributed by atoms with Crippen molar-refractivity contribution in [3.63, 3.8) is 0 Å². The third-order valence-corrected chi connectivity index (χ3v) is 2.91. The molecule has 0 fully saturated rings. The fourth-order valence-electron chi connectivity index (χ4n) is 0.784. The van der Waals surface area contributed by atoms with Gasteiger partial charge in [-0.25, -0.2) is 0 Å². The topological polar surface area (TPSA) is 9.23 Å². The molecule has 0 saturated heterocycles. The summed E-state index contributed by atoms with van der Waals surface area (Å²) in [6.45, 7) is 2.04. The van der Waals surface area contributed by atoms with Crippen LogP contribution in [0.1, 0.15) is 5.56 Å².